The maximum Gasteiger partial charge on any atom is 0.259 e. The minimum Gasteiger partial charge on any atom is -0.367 e. The molecule has 6 heteroatoms. The van der Waals surface area contributed by atoms with Crippen LogP contribution < -0.4 is 5.43 Å². The van der Waals surface area contributed by atoms with Gasteiger partial charge in [0, 0.05) is 43.9 Å². The predicted octanol–water partition coefficient (Wildman–Crippen LogP) is 0.227. The molecule has 0 radical (unpaired) electrons. The largest absolute Gasteiger partial charge is 0.367 e. The lowest BCUT2D eigenvalue weighted by Crippen LogP contribution is -2.40. The molecule has 6 nitrogen and oxygen atoms in total. The Kier molecular flexibility index (Phi) is 2.47. The van der Waals surface area contributed by atoms with Crippen molar-refractivity contribution >= 4 is 5.91 Å². The smallest absolute Gasteiger partial charge is 0.259 e. The Morgan fingerprint density at radius 1 is 1.39 bits per heavy atom. The van der Waals surface area contributed by atoms with Crippen LogP contribution >= 0.6 is 0 Å². The minimum atomic E-state index is -0.257. The number of carbonyl (C=O) groups is 1. The molecule has 3 heterocycles. The van der Waals surface area contributed by atoms with Crippen LogP contribution in [0.4, 0.5) is 0 Å². The lowest BCUT2D eigenvalue weighted by Gasteiger charge is -2.27. The first-order valence-corrected chi connectivity index (χ1v) is 5.72. The van der Waals surface area contributed by atoms with Gasteiger partial charge in [0.2, 0.25) is 0 Å². The van der Waals surface area contributed by atoms with E-state index < -0.39 is 0 Å². The molecule has 0 spiro atoms. The molecular formula is C12H12N4O2. The maximum absolute atomic E-state index is 12.2. The molecule has 18 heavy (non-hydrogen) atoms. The van der Waals surface area contributed by atoms with Crippen molar-refractivity contribution in [3.63, 3.8) is 0 Å². The summed E-state index contributed by atoms with van der Waals surface area (Å²) in [6.45, 7) is 1.75. The number of imidazole rings is 1. The fraction of sp³-hybridized carbons (Fsp3) is 0.250. The third-order valence-corrected chi connectivity index (χ3v) is 3.09. The van der Waals surface area contributed by atoms with E-state index in [9.17, 15) is 9.59 Å². The lowest BCUT2D eigenvalue weighted by atomic mass is 10.2. The number of hydrogen-bond donors (Lipinski definition) is 1. The molecule has 1 N–H and O–H groups in total. The zero-order valence-corrected chi connectivity index (χ0v) is 9.67. The molecule has 0 atom stereocenters. The molecule has 1 aliphatic rings. The maximum atomic E-state index is 12.2. The van der Waals surface area contributed by atoms with Crippen molar-refractivity contribution in [1.29, 1.82) is 0 Å². The molecule has 0 aromatic carbocycles. The lowest BCUT2D eigenvalue weighted by molar-refractivity contribution is 0.0706. The zero-order chi connectivity index (χ0) is 12.5. The number of pyridine rings is 1. The van der Waals surface area contributed by atoms with E-state index in [2.05, 4.69) is 9.97 Å². The molecule has 3 rings (SSSR count). The van der Waals surface area contributed by atoms with Crippen LogP contribution in [0.2, 0.25) is 0 Å². The van der Waals surface area contributed by atoms with Gasteiger partial charge < -0.3 is 14.5 Å². The standard InChI is InChI=1S/C12H12N4O2/c17-10-1-2-13-7-9(10)12(18)16-6-5-15-4-3-14-11(15)8-16/h1-4,7H,5-6,8H2,(H,13,17). The first-order valence-electron chi connectivity index (χ1n) is 5.72. The highest BCUT2D eigenvalue weighted by molar-refractivity contribution is 5.93. The van der Waals surface area contributed by atoms with Crippen LogP contribution in [0.25, 0.3) is 0 Å². The highest BCUT2D eigenvalue weighted by Gasteiger charge is 2.23. The van der Waals surface area contributed by atoms with Crippen molar-refractivity contribution in [2.45, 2.75) is 13.1 Å². The Morgan fingerprint density at radius 3 is 3.11 bits per heavy atom. The summed E-state index contributed by atoms with van der Waals surface area (Å²) in [7, 11) is 0. The van der Waals surface area contributed by atoms with Gasteiger partial charge in [-0.2, -0.15) is 0 Å². The number of fused-ring (bicyclic) bond motifs is 1. The van der Waals surface area contributed by atoms with Gasteiger partial charge in [0.15, 0.2) is 5.43 Å². The van der Waals surface area contributed by atoms with Gasteiger partial charge in [-0.15, -0.1) is 0 Å². The molecular weight excluding hydrogens is 232 g/mol. The van der Waals surface area contributed by atoms with E-state index in [1.165, 1.54) is 18.5 Å². The summed E-state index contributed by atoms with van der Waals surface area (Å²) in [6.07, 6.45) is 6.58. The monoisotopic (exact) mass is 244 g/mol. The fourth-order valence-corrected chi connectivity index (χ4v) is 2.10. The second-order valence-electron chi connectivity index (χ2n) is 4.19. The van der Waals surface area contributed by atoms with Crippen LogP contribution in [0.5, 0.6) is 0 Å². The number of aromatic amines is 1. The Balaban J connectivity index is 1.87. The molecule has 0 fully saturated rings. The zero-order valence-electron chi connectivity index (χ0n) is 9.67. The predicted molar refractivity (Wildman–Crippen MR) is 64.0 cm³/mol. The number of H-pyrrole nitrogens is 1. The molecule has 1 amide bonds. The molecule has 0 aliphatic carbocycles. The van der Waals surface area contributed by atoms with Crippen molar-refractivity contribution in [2.24, 2.45) is 0 Å². The van der Waals surface area contributed by atoms with E-state index in [1.807, 2.05) is 10.8 Å². The first-order chi connectivity index (χ1) is 8.75. The Labute approximate surface area is 103 Å². The average molecular weight is 244 g/mol. The van der Waals surface area contributed by atoms with Crippen molar-refractivity contribution in [3.8, 4) is 0 Å². The second-order valence-corrected chi connectivity index (χ2v) is 4.19. The highest BCUT2D eigenvalue weighted by Crippen LogP contribution is 2.12. The first kappa shape index (κ1) is 10.8. The van der Waals surface area contributed by atoms with Crippen molar-refractivity contribution in [1.82, 2.24) is 19.4 Å². The Bertz CT molecular complexity index is 643. The van der Waals surface area contributed by atoms with Crippen LogP contribution in [0.15, 0.2) is 35.6 Å². The van der Waals surface area contributed by atoms with Gasteiger partial charge in [-0.25, -0.2) is 4.98 Å². The van der Waals surface area contributed by atoms with Gasteiger partial charge in [-0.3, -0.25) is 9.59 Å². The number of carbonyl (C=O) groups excluding carboxylic acids is 1. The topological polar surface area (TPSA) is 71.0 Å². The number of nitrogens with zero attached hydrogens (tertiary/aromatic N) is 3. The van der Waals surface area contributed by atoms with E-state index in [0.29, 0.717) is 19.6 Å². The number of amides is 1. The number of hydrogen-bond acceptors (Lipinski definition) is 3. The van der Waals surface area contributed by atoms with Gasteiger partial charge in [0.25, 0.3) is 5.91 Å². The summed E-state index contributed by atoms with van der Waals surface area (Å²) in [5, 5.41) is 0. The summed E-state index contributed by atoms with van der Waals surface area (Å²) in [6, 6.07) is 1.36. The van der Waals surface area contributed by atoms with Crippen LogP contribution in [0.1, 0.15) is 16.2 Å². The van der Waals surface area contributed by atoms with Crippen LogP contribution in [-0.4, -0.2) is 31.9 Å². The van der Waals surface area contributed by atoms with E-state index in [0.717, 1.165) is 5.82 Å². The van der Waals surface area contributed by atoms with Crippen LogP contribution in [0, 0.1) is 0 Å². The molecule has 0 bridgehead atoms. The van der Waals surface area contributed by atoms with E-state index in [4.69, 9.17) is 0 Å². The number of nitrogens with one attached hydrogen (secondary N) is 1. The third-order valence-electron chi connectivity index (χ3n) is 3.09. The summed E-state index contributed by atoms with van der Waals surface area (Å²) < 4.78 is 2.01. The quantitative estimate of drug-likeness (QED) is 0.780. The molecule has 2 aromatic heterocycles. The summed E-state index contributed by atoms with van der Waals surface area (Å²) in [5.41, 5.74) is -0.0785. The van der Waals surface area contributed by atoms with Gasteiger partial charge in [0.05, 0.1) is 6.54 Å². The van der Waals surface area contributed by atoms with Crippen molar-refractivity contribution in [3.05, 3.63) is 52.5 Å². The number of rotatable bonds is 1. The van der Waals surface area contributed by atoms with Crippen LogP contribution in [0.3, 0.4) is 0 Å². The van der Waals surface area contributed by atoms with Gasteiger partial charge in [-0.1, -0.05) is 0 Å². The van der Waals surface area contributed by atoms with Gasteiger partial charge in [0.1, 0.15) is 11.4 Å². The average Bonchev–Trinajstić information content (AvgIpc) is 2.85. The Hall–Kier alpha value is -2.37. The van der Waals surface area contributed by atoms with E-state index in [-0.39, 0.29) is 16.9 Å². The molecule has 0 unspecified atom stereocenters. The minimum absolute atomic E-state index is 0.178. The molecule has 1 aliphatic heterocycles. The van der Waals surface area contributed by atoms with Crippen molar-refractivity contribution in [2.75, 3.05) is 6.54 Å². The molecule has 0 saturated carbocycles. The van der Waals surface area contributed by atoms with E-state index >= 15 is 0 Å². The molecule has 92 valence electrons. The van der Waals surface area contributed by atoms with Crippen molar-refractivity contribution < 1.29 is 4.79 Å². The third kappa shape index (κ3) is 1.71. The fourth-order valence-electron chi connectivity index (χ4n) is 2.10. The summed E-state index contributed by atoms with van der Waals surface area (Å²) in [5.74, 6) is 0.605. The summed E-state index contributed by atoms with van der Waals surface area (Å²) in [4.78, 5) is 32.4. The van der Waals surface area contributed by atoms with E-state index in [1.54, 1.807) is 11.1 Å². The SMILES string of the molecule is O=C(c1c[nH]ccc1=O)N1CCn2ccnc2C1. The second kappa shape index (κ2) is 4.14. The molecule has 2 aromatic rings. The molecule has 0 saturated heterocycles. The number of aromatic nitrogens is 3. The van der Waals surface area contributed by atoms with Gasteiger partial charge >= 0.3 is 0 Å². The highest BCUT2D eigenvalue weighted by atomic mass is 16.2. The summed E-state index contributed by atoms with van der Waals surface area (Å²) >= 11 is 0. The van der Waals surface area contributed by atoms with Gasteiger partial charge in [-0.05, 0) is 0 Å². The van der Waals surface area contributed by atoms with Crippen LogP contribution in [-0.2, 0) is 13.1 Å². The normalized spacial score (nSPS) is 14.3. The Morgan fingerprint density at radius 2 is 2.28 bits per heavy atom.